The summed E-state index contributed by atoms with van der Waals surface area (Å²) in [5.41, 5.74) is 7.05. The second-order valence-corrected chi connectivity index (χ2v) is 8.01. The summed E-state index contributed by atoms with van der Waals surface area (Å²) in [4.78, 5) is 0. The zero-order chi connectivity index (χ0) is 14.8. The lowest BCUT2D eigenvalue weighted by atomic mass is 10.00. The van der Waals surface area contributed by atoms with Crippen LogP contribution in [0.3, 0.4) is 0 Å². The first-order valence-electron chi connectivity index (χ1n) is 7.20. The zero-order valence-electron chi connectivity index (χ0n) is 12.3. The van der Waals surface area contributed by atoms with E-state index >= 15 is 0 Å². The lowest BCUT2D eigenvalue weighted by molar-refractivity contribution is 0.246. The van der Waals surface area contributed by atoms with Gasteiger partial charge in [-0.15, -0.1) is 0 Å². The Bertz CT molecular complexity index is 536. The SMILES string of the molecule is CC(N)Cc1ccn(CC2CCCN(S(C)(=O)=O)C2)c1. The van der Waals surface area contributed by atoms with E-state index in [-0.39, 0.29) is 6.04 Å². The highest BCUT2D eigenvalue weighted by Gasteiger charge is 2.25. The minimum Gasteiger partial charge on any atom is -0.354 e. The minimum atomic E-state index is -3.05. The van der Waals surface area contributed by atoms with Crippen LogP contribution >= 0.6 is 0 Å². The van der Waals surface area contributed by atoms with Gasteiger partial charge in [0.25, 0.3) is 0 Å². The molecule has 1 aromatic heterocycles. The van der Waals surface area contributed by atoms with Crippen LogP contribution in [0.1, 0.15) is 25.3 Å². The molecule has 2 rings (SSSR count). The van der Waals surface area contributed by atoms with Crippen LogP contribution in [0, 0.1) is 5.92 Å². The van der Waals surface area contributed by atoms with Crippen LogP contribution in [-0.2, 0) is 23.0 Å². The number of sulfonamides is 1. The van der Waals surface area contributed by atoms with Crippen LogP contribution in [-0.4, -0.2) is 42.7 Å². The van der Waals surface area contributed by atoms with Crippen LogP contribution in [0.2, 0.25) is 0 Å². The topological polar surface area (TPSA) is 68.3 Å². The molecule has 0 spiro atoms. The van der Waals surface area contributed by atoms with Gasteiger partial charge in [0.1, 0.15) is 0 Å². The largest absolute Gasteiger partial charge is 0.354 e. The highest BCUT2D eigenvalue weighted by atomic mass is 32.2. The fourth-order valence-electron chi connectivity index (χ4n) is 2.87. The fraction of sp³-hybridized carbons (Fsp3) is 0.714. The van der Waals surface area contributed by atoms with E-state index in [1.807, 2.05) is 6.92 Å². The molecule has 2 unspecified atom stereocenters. The van der Waals surface area contributed by atoms with E-state index in [9.17, 15) is 8.42 Å². The van der Waals surface area contributed by atoms with Gasteiger partial charge in [-0.25, -0.2) is 12.7 Å². The number of hydrogen-bond donors (Lipinski definition) is 1. The predicted molar refractivity (Wildman–Crippen MR) is 80.9 cm³/mol. The normalized spacial score (nSPS) is 22.9. The minimum absolute atomic E-state index is 0.168. The van der Waals surface area contributed by atoms with Crippen LogP contribution < -0.4 is 5.73 Å². The highest BCUT2D eigenvalue weighted by Crippen LogP contribution is 2.20. The summed E-state index contributed by atoms with van der Waals surface area (Å²) in [5.74, 6) is 0.397. The van der Waals surface area contributed by atoms with Gasteiger partial charge in [0.05, 0.1) is 6.26 Å². The van der Waals surface area contributed by atoms with E-state index in [0.29, 0.717) is 19.0 Å². The summed E-state index contributed by atoms with van der Waals surface area (Å²) < 4.78 is 27.0. The van der Waals surface area contributed by atoms with Crippen molar-refractivity contribution in [3.63, 3.8) is 0 Å². The van der Waals surface area contributed by atoms with Crippen molar-refractivity contribution < 1.29 is 8.42 Å². The summed E-state index contributed by atoms with van der Waals surface area (Å²) in [7, 11) is -3.05. The molecule has 114 valence electrons. The van der Waals surface area contributed by atoms with Crippen LogP contribution in [0.25, 0.3) is 0 Å². The van der Waals surface area contributed by atoms with Crippen molar-refractivity contribution in [3.8, 4) is 0 Å². The van der Waals surface area contributed by atoms with Gasteiger partial charge >= 0.3 is 0 Å². The molecule has 20 heavy (non-hydrogen) atoms. The van der Waals surface area contributed by atoms with E-state index in [1.54, 1.807) is 4.31 Å². The molecule has 1 saturated heterocycles. The molecule has 0 bridgehead atoms. The van der Waals surface area contributed by atoms with Gasteiger partial charge in [0, 0.05) is 38.1 Å². The van der Waals surface area contributed by atoms with Crippen molar-refractivity contribution in [1.82, 2.24) is 8.87 Å². The number of piperidine rings is 1. The van der Waals surface area contributed by atoms with Crippen LogP contribution in [0.5, 0.6) is 0 Å². The lowest BCUT2D eigenvalue weighted by Crippen LogP contribution is -2.40. The lowest BCUT2D eigenvalue weighted by Gasteiger charge is -2.31. The molecule has 0 aliphatic carbocycles. The fourth-order valence-corrected chi connectivity index (χ4v) is 3.81. The molecule has 0 amide bonds. The third-order valence-corrected chi connectivity index (χ3v) is 5.06. The van der Waals surface area contributed by atoms with Gasteiger partial charge in [-0.3, -0.25) is 0 Å². The Balaban J connectivity index is 1.94. The van der Waals surface area contributed by atoms with Crippen LogP contribution in [0.4, 0.5) is 0 Å². The molecule has 6 heteroatoms. The maximum atomic E-state index is 11.6. The third-order valence-electron chi connectivity index (χ3n) is 3.79. The van der Waals surface area contributed by atoms with Crippen LogP contribution in [0.15, 0.2) is 18.5 Å². The summed E-state index contributed by atoms with van der Waals surface area (Å²) in [5, 5.41) is 0. The van der Waals surface area contributed by atoms with E-state index in [0.717, 1.165) is 25.8 Å². The van der Waals surface area contributed by atoms with Gasteiger partial charge in [-0.2, -0.15) is 0 Å². The van der Waals surface area contributed by atoms with E-state index in [4.69, 9.17) is 5.73 Å². The molecule has 0 aromatic carbocycles. The molecule has 1 aliphatic heterocycles. The Labute approximate surface area is 121 Å². The van der Waals surface area contributed by atoms with Crippen molar-refractivity contribution in [2.24, 2.45) is 11.7 Å². The molecule has 2 atom stereocenters. The maximum Gasteiger partial charge on any atom is 0.211 e. The van der Waals surface area contributed by atoms with Gasteiger partial charge in [-0.05, 0) is 43.7 Å². The molecule has 1 fully saturated rings. The molecule has 0 radical (unpaired) electrons. The number of rotatable bonds is 5. The Morgan fingerprint density at radius 1 is 1.50 bits per heavy atom. The first-order chi connectivity index (χ1) is 9.34. The first kappa shape index (κ1) is 15.5. The molecule has 1 aromatic rings. The van der Waals surface area contributed by atoms with Gasteiger partial charge in [0.2, 0.25) is 10.0 Å². The standard InChI is InChI=1S/C14H25N3O2S/c1-12(15)8-13-5-7-16(9-13)10-14-4-3-6-17(11-14)20(2,18)19/h5,7,9,12,14H,3-4,6,8,10-11,15H2,1-2H3. The molecule has 0 saturated carbocycles. The molecular formula is C14H25N3O2S. The molecule has 1 aliphatic rings. The maximum absolute atomic E-state index is 11.6. The molecule has 2 heterocycles. The number of aromatic nitrogens is 1. The molecular weight excluding hydrogens is 274 g/mol. The monoisotopic (exact) mass is 299 g/mol. The van der Waals surface area contributed by atoms with Crippen molar-refractivity contribution in [2.75, 3.05) is 19.3 Å². The second kappa shape index (κ2) is 6.28. The van der Waals surface area contributed by atoms with E-state index in [1.165, 1.54) is 11.8 Å². The van der Waals surface area contributed by atoms with Crippen molar-refractivity contribution in [3.05, 3.63) is 24.0 Å². The highest BCUT2D eigenvalue weighted by molar-refractivity contribution is 7.88. The zero-order valence-corrected chi connectivity index (χ0v) is 13.1. The number of nitrogens with zero attached hydrogens (tertiary/aromatic N) is 2. The summed E-state index contributed by atoms with van der Waals surface area (Å²) in [6.07, 6.45) is 8.41. The Hall–Kier alpha value is -0.850. The van der Waals surface area contributed by atoms with Gasteiger partial charge in [0.15, 0.2) is 0 Å². The quantitative estimate of drug-likeness (QED) is 0.883. The van der Waals surface area contributed by atoms with Gasteiger partial charge < -0.3 is 10.3 Å². The first-order valence-corrected chi connectivity index (χ1v) is 9.05. The Morgan fingerprint density at radius 2 is 2.25 bits per heavy atom. The summed E-state index contributed by atoms with van der Waals surface area (Å²) >= 11 is 0. The Kier molecular flexibility index (Phi) is 4.88. The second-order valence-electron chi connectivity index (χ2n) is 6.03. The number of hydrogen-bond acceptors (Lipinski definition) is 3. The van der Waals surface area contributed by atoms with Crippen molar-refractivity contribution >= 4 is 10.0 Å². The predicted octanol–water partition coefficient (Wildman–Crippen LogP) is 1.05. The summed E-state index contributed by atoms with van der Waals surface area (Å²) in [6.45, 7) is 4.18. The van der Waals surface area contributed by atoms with E-state index < -0.39 is 10.0 Å². The van der Waals surface area contributed by atoms with Crippen molar-refractivity contribution in [2.45, 2.75) is 38.8 Å². The average Bonchev–Trinajstić information content (AvgIpc) is 2.75. The van der Waals surface area contributed by atoms with E-state index in [2.05, 4.69) is 23.0 Å². The Morgan fingerprint density at radius 3 is 2.90 bits per heavy atom. The molecule has 5 nitrogen and oxygen atoms in total. The average molecular weight is 299 g/mol. The number of nitrogens with two attached hydrogens (primary N) is 1. The van der Waals surface area contributed by atoms with Gasteiger partial charge in [-0.1, -0.05) is 0 Å². The smallest absolute Gasteiger partial charge is 0.211 e. The summed E-state index contributed by atoms with van der Waals surface area (Å²) in [6, 6.07) is 2.27. The molecule has 2 N–H and O–H groups in total. The third kappa shape index (κ3) is 4.33. The van der Waals surface area contributed by atoms with Crippen molar-refractivity contribution in [1.29, 1.82) is 0 Å².